The molecular weight excluding hydrogens is 436 g/mol. The molecule has 162 valence electrons. The molecule has 0 radical (unpaired) electrons. The van der Waals surface area contributed by atoms with Gasteiger partial charge >= 0.3 is 0 Å². The first kappa shape index (κ1) is 21.3. The number of sulfonamides is 1. The van der Waals surface area contributed by atoms with Crippen LogP contribution in [-0.4, -0.2) is 34.1 Å². The van der Waals surface area contributed by atoms with Gasteiger partial charge in [-0.2, -0.15) is 9.40 Å². The van der Waals surface area contributed by atoms with E-state index in [0.29, 0.717) is 23.8 Å². The standard InChI is InChI=1S/C21H22N4O4S2/c1-3-28-18-6-8-20(9-7-18)31(26,27)25(14-19-5-4-10-29-19)13-17-15-30-21(23-17)16-11-22-24(2)12-16/h4-12,15H,3,13-14H2,1-2H3. The molecule has 0 unspecified atom stereocenters. The first-order valence-corrected chi connectivity index (χ1v) is 12.0. The van der Waals surface area contributed by atoms with Gasteiger partial charge in [-0.3, -0.25) is 4.68 Å². The third-order valence-electron chi connectivity index (χ3n) is 4.53. The fraction of sp³-hybridized carbons (Fsp3) is 0.238. The quantitative estimate of drug-likeness (QED) is 0.378. The molecule has 31 heavy (non-hydrogen) atoms. The van der Waals surface area contributed by atoms with Gasteiger partial charge in [0.25, 0.3) is 0 Å². The van der Waals surface area contributed by atoms with E-state index in [2.05, 4.69) is 10.1 Å². The van der Waals surface area contributed by atoms with Gasteiger partial charge in [0.2, 0.25) is 10.0 Å². The van der Waals surface area contributed by atoms with E-state index in [1.807, 2.05) is 25.5 Å². The van der Waals surface area contributed by atoms with Crippen LogP contribution in [0, 0.1) is 0 Å². The molecule has 0 fully saturated rings. The predicted octanol–water partition coefficient (Wildman–Crippen LogP) is 3.93. The summed E-state index contributed by atoms with van der Waals surface area (Å²) in [5.74, 6) is 1.18. The summed E-state index contributed by atoms with van der Waals surface area (Å²) in [6.07, 6.45) is 5.14. The summed E-state index contributed by atoms with van der Waals surface area (Å²) in [4.78, 5) is 4.80. The number of nitrogens with zero attached hydrogens (tertiary/aromatic N) is 4. The molecule has 1 aromatic carbocycles. The zero-order valence-electron chi connectivity index (χ0n) is 17.1. The number of aromatic nitrogens is 3. The number of thiazole rings is 1. The molecule has 4 aromatic rings. The minimum atomic E-state index is -3.79. The maximum absolute atomic E-state index is 13.4. The van der Waals surface area contributed by atoms with Gasteiger partial charge in [-0.25, -0.2) is 13.4 Å². The molecule has 0 amide bonds. The smallest absolute Gasteiger partial charge is 0.243 e. The van der Waals surface area contributed by atoms with Crippen LogP contribution in [0.2, 0.25) is 0 Å². The fourth-order valence-electron chi connectivity index (χ4n) is 3.05. The Morgan fingerprint density at radius 3 is 2.65 bits per heavy atom. The molecule has 3 heterocycles. The molecule has 0 aliphatic heterocycles. The normalized spacial score (nSPS) is 11.8. The third kappa shape index (κ3) is 4.87. The maximum atomic E-state index is 13.4. The van der Waals surface area contributed by atoms with Gasteiger partial charge in [0.05, 0.1) is 42.7 Å². The molecule has 0 atom stereocenters. The second-order valence-electron chi connectivity index (χ2n) is 6.80. The molecule has 0 aliphatic carbocycles. The largest absolute Gasteiger partial charge is 0.494 e. The summed E-state index contributed by atoms with van der Waals surface area (Å²) < 4.78 is 40.7. The van der Waals surface area contributed by atoms with E-state index in [-0.39, 0.29) is 18.0 Å². The summed E-state index contributed by atoms with van der Waals surface area (Å²) in [5, 5.41) is 6.82. The highest BCUT2D eigenvalue weighted by Crippen LogP contribution is 2.27. The topological polar surface area (TPSA) is 90.5 Å². The Morgan fingerprint density at radius 1 is 1.19 bits per heavy atom. The minimum absolute atomic E-state index is 0.0995. The van der Waals surface area contributed by atoms with Crippen molar-refractivity contribution in [3.63, 3.8) is 0 Å². The van der Waals surface area contributed by atoms with Crippen LogP contribution in [0.25, 0.3) is 10.6 Å². The number of aryl methyl sites for hydroxylation is 1. The lowest BCUT2D eigenvalue weighted by Gasteiger charge is -2.20. The van der Waals surface area contributed by atoms with Crippen molar-refractivity contribution in [2.24, 2.45) is 7.05 Å². The molecule has 0 bridgehead atoms. The van der Waals surface area contributed by atoms with E-state index in [9.17, 15) is 8.42 Å². The van der Waals surface area contributed by atoms with E-state index in [4.69, 9.17) is 9.15 Å². The average Bonchev–Trinajstić information content (AvgIpc) is 3.50. The Balaban J connectivity index is 1.62. The highest BCUT2D eigenvalue weighted by molar-refractivity contribution is 7.89. The van der Waals surface area contributed by atoms with Crippen LogP contribution in [0.4, 0.5) is 0 Å². The van der Waals surface area contributed by atoms with E-state index >= 15 is 0 Å². The van der Waals surface area contributed by atoms with Crippen LogP contribution in [0.3, 0.4) is 0 Å². The van der Waals surface area contributed by atoms with Crippen molar-refractivity contribution >= 4 is 21.4 Å². The SMILES string of the molecule is CCOc1ccc(S(=O)(=O)N(Cc2csc(-c3cnn(C)c3)n2)Cc2ccco2)cc1. The lowest BCUT2D eigenvalue weighted by molar-refractivity contribution is 0.339. The molecule has 0 saturated carbocycles. The van der Waals surface area contributed by atoms with Crippen LogP contribution >= 0.6 is 11.3 Å². The highest BCUT2D eigenvalue weighted by atomic mass is 32.2. The molecule has 0 N–H and O–H groups in total. The number of furan rings is 1. The van der Waals surface area contributed by atoms with Crippen molar-refractivity contribution in [2.45, 2.75) is 24.9 Å². The molecule has 4 rings (SSSR count). The van der Waals surface area contributed by atoms with E-state index < -0.39 is 10.0 Å². The Hall–Kier alpha value is -2.95. The number of rotatable bonds is 9. The minimum Gasteiger partial charge on any atom is -0.494 e. The first-order chi connectivity index (χ1) is 15.0. The van der Waals surface area contributed by atoms with Crippen molar-refractivity contribution < 1.29 is 17.6 Å². The molecular formula is C21H22N4O4S2. The van der Waals surface area contributed by atoms with Crippen molar-refractivity contribution in [1.29, 1.82) is 0 Å². The van der Waals surface area contributed by atoms with Crippen molar-refractivity contribution in [1.82, 2.24) is 19.1 Å². The number of benzene rings is 1. The highest BCUT2D eigenvalue weighted by Gasteiger charge is 2.27. The Morgan fingerprint density at radius 2 is 2.00 bits per heavy atom. The second-order valence-corrected chi connectivity index (χ2v) is 9.60. The van der Waals surface area contributed by atoms with Crippen LogP contribution < -0.4 is 4.74 Å². The monoisotopic (exact) mass is 458 g/mol. The maximum Gasteiger partial charge on any atom is 0.243 e. The van der Waals surface area contributed by atoms with Gasteiger partial charge in [-0.15, -0.1) is 11.3 Å². The molecule has 3 aromatic heterocycles. The van der Waals surface area contributed by atoms with Gasteiger partial charge in [-0.1, -0.05) is 0 Å². The average molecular weight is 459 g/mol. The molecule has 0 spiro atoms. The van der Waals surface area contributed by atoms with Crippen molar-refractivity contribution in [3.05, 3.63) is 71.9 Å². The Labute approximate surface area is 184 Å². The predicted molar refractivity (Wildman–Crippen MR) is 117 cm³/mol. The van der Waals surface area contributed by atoms with Crippen molar-refractivity contribution in [3.8, 4) is 16.3 Å². The fourth-order valence-corrected chi connectivity index (χ4v) is 5.21. The van der Waals surface area contributed by atoms with E-state index in [1.54, 1.807) is 47.3 Å². The Bertz CT molecular complexity index is 1230. The zero-order chi connectivity index (χ0) is 21.8. The van der Waals surface area contributed by atoms with Gasteiger partial charge in [0, 0.05) is 24.2 Å². The van der Waals surface area contributed by atoms with Gasteiger partial charge in [-0.05, 0) is 43.3 Å². The second kappa shape index (κ2) is 9.04. The molecule has 8 nitrogen and oxygen atoms in total. The lowest BCUT2D eigenvalue weighted by Crippen LogP contribution is -2.30. The van der Waals surface area contributed by atoms with Gasteiger partial charge in [0.1, 0.15) is 16.5 Å². The van der Waals surface area contributed by atoms with Crippen LogP contribution in [0.5, 0.6) is 5.75 Å². The summed E-state index contributed by atoms with van der Waals surface area (Å²) in [7, 11) is -1.95. The molecule has 0 saturated heterocycles. The molecule has 10 heteroatoms. The van der Waals surface area contributed by atoms with E-state index in [0.717, 1.165) is 10.6 Å². The van der Waals surface area contributed by atoms with Gasteiger partial charge < -0.3 is 9.15 Å². The summed E-state index contributed by atoms with van der Waals surface area (Å²) >= 11 is 1.45. The van der Waals surface area contributed by atoms with Crippen LogP contribution in [0.15, 0.2) is 69.7 Å². The molecule has 0 aliphatic rings. The third-order valence-corrected chi connectivity index (χ3v) is 7.27. The number of hydrogen-bond donors (Lipinski definition) is 0. The zero-order valence-corrected chi connectivity index (χ0v) is 18.8. The lowest BCUT2D eigenvalue weighted by atomic mass is 10.3. The van der Waals surface area contributed by atoms with Crippen LogP contribution in [-0.2, 0) is 30.2 Å². The van der Waals surface area contributed by atoms with Crippen LogP contribution in [0.1, 0.15) is 18.4 Å². The first-order valence-electron chi connectivity index (χ1n) is 9.64. The van der Waals surface area contributed by atoms with E-state index in [1.165, 1.54) is 21.9 Å². The number of ether oxygens (including phenoxy) is 1. The van der Waals surface area contributed by atoms with Gasteiger partial charge in [0.15, 0.2) is 0 Å². The summed E-state index contributed by atoms with van der Waals surface area (Å²) in [6.45, 7) is 2.61. The van der Waals surface area contributed by atoms with Crippen molar-refractivity contribution in [2.75, 3.05) is 6.61 Å². The Kier molecular flexibility index (Phi) is 6.21. The number of hydrogen-bond acceptors (Lipinski definition) is 7. The summed E-state index contributed by atoms with van der Waals surface area (Å²) in [6, 6.07) is 9.91. The summed E-state index contributed by atoms with van der Waals surface area (Å²) in [5.41, 5.74) is 1.55.